The molecule has 1 N–H and O–H groups in total. The number of esters is 1. The van der Waals surface area contributed by atoms with E-state index in [1.165, 1.54) is 19.1 Å². The number of amides is 1. The first-order chi connectivity index (χ1) is 11.5. The number of anilines is 1. The molecule has 0 saturated carbocycles. The summed E-state index contributed by atoms with van der Waals surface area (Å²) in [7, 11) is 0. The van der Waals surface area contributed by atoms with Gasteiger partial charge in [0.25, 0.3) is 5.91 Å². The molecule has 0 radical (unpaired) electrons. The van der Waals surface area contributed by atoms with Crippen LogP contribution < -0.4 is 5.32 Å². The molecule has 120 valence electrons. The number of carbonyl (C=O) groups excluding carboxylic acids is 3. The standard InChI is InChI=1S/C18H14N2O4/c1-12(21)15-7-2-3-8-16(15)20-17(22)11-24-18(23)14-6-4-5-13(9-14)10-19/h2-9H,11H2,1H3,(H,20,22). The molecule has 24 heavy (non-hydrogen) atoms. The maximum Gasteiger partial charge on any atom is 0.338 e. The summed E-state index contributed by atoms with van der Waals surface area (Å²) in [6.45, 7) is 0.898. The first-order valence-electron chi connectivity index (χ1n) is 7.08. The molecule has 0 unspecified atom stereocenters. The van der Waals surface area contributed by atoms with Crippen LogP contribution in [-0.2, 0) is 9.53 Å². The molecule has 0 heterocycles. The van der Waals surface area contributed by atoms with Gasteiger partial charge in [-0.2, -0.15) is 5.26 Å². The van der Waals surface area contributed by atoms with Crippen LogP contribution in [0.2, 0.25) is 0 Å². The lowest BCUT2D eigenvalue weighted by molar-refractivity contribution is -0.119. The van der Waals surface area contributed by atoms with E-state index < -0.39 is 18.5 Å². The van der Waals surface area contributed by atoms with Crippen LogP contribution in [-0.4, -0.2) is 24.3 Å². The van der Waals surface area contributed by atoms with E-state index in [2.05, 4.69) is 5.32 Å². The number of nitrogens with one attached hydrogen (secondary N) is 1. The van der Waals surface area contributed by atoms with E-state index in [4.69, 9.17) is 10.00 Å². The molecule has 0 saturated heterocycles. The number of Topliss-reactive ketones (excluding diaryl/α,β-unsaturated/α-hetero) is 1. The molecule has 6 heteroatoms. The predicted molar refractivity (Wildman–Crippen MR) is 86.5 cm³/mol. The van der Waals surface area contributed by atoms with Crippen LogP contribution in [0.25, 0.3) is 0 Å². The summed E-state index contributed by atoms with van der Waals surface area (Å²) in [5.74, 6) is -1.45. The molecule has 0 fully saturated rings. The maximum atomic E-state index is 11.9. The average molecular weight is 322 g/mol. The van der Waals surface area contributed by atoms with E-state index >= 15 is 0 Å². The monoisotopic (exact) mass is 322 g/mol. The van der Waals surface area contributed by atoms with E-state index in [1.54, 1.807) is 36.4 Å². The van der Waals surface area contributed by atoms with Crippen LogP contribution in [0.1, 0.15) is 33.2 Å². The van der Waals surface area contributed by atoms with Gasteiger partial charge in [0.05, 0.1) is 22.9 Å². The minimum absolute atomic E-state index is 0.184. The van der Waals surface area contributed by atoms with E-state index in [9.17, 15) is 14.4 Å². The summed E-state index contributed by atoms with van der Waals surface area (Å²) in [5, 5.41) is 11.3. The Morgan fingerprint density at radius 2 is 1.88 bits per heavy atom. The highest BCUT2D eigenvalue weighted by Crippen LogP contribution is 2.15. The number of carbonyl (C=O) groups is 3. The highest BCUT2D eigenvalue weighted by atomic mass is 16.5. The molecule has 0 aromatic heterocycles. The van der Waals surface area contributed by atoms with E-state index in [-0.39, 0.29) is 11.3 Å². The average Bonchev–Trinajstić information content (AvgIpc) is 2.60. The first kappa shape index (κ1) is 16.9. The molecule has 2 aromatic carbocycles. The van der Waals surface area contributed by atoms with Crippen molar-refractivity contribution in [1.82, 2.24) is 0 Å². The number of benzene rings is 2. The van der Waals surface area contributed by atoms with E-state index in [0.717, 1.165) is 0 Å². The molecular formula is C18H14N2O4. The van der Waals surface area contributed by atoms with Crippen molar-refractivity contribution in [2.45, 2.75) is 6.92 Å². The van der Waals surface area contributed by atoms with Gasteiger partial charge in [-0.3, -0.25) is 9.59 Å². The number of hydrogen-bond acceptors (Lipinski definition) is 5. The lowest BCUT2D eigenvalue weighted by Crippen LogP contribution is -2.22. The molecule has 6 nitrogen and oxygen atoms in total. The normalized spacial score (nSPS) is 9.67. The molecule has 0 bridgehead atoms. The Hall–Kier alpha value is -3.46. The number of nitriles is 1. The molecule has 1 amide bonds. The third-order valence-corrected chi connectivity index (χ3v) is 3.14. The fraction of sp³-hybridized carbons (Fsp3) is 0.111. The SMILES string of the molecule is CC(=O)c1ccccc1NC(=O)COC(=O)c1cccc(C#N)c1. The van der Waals surface area contributed by atoms with Crippen LogP contribution in [0.5, 0.6) is 0 Å². The fourth-order valence-corrected chi connectivity index (χ4v) is 2.02. The van der Waals surface area contributed by atoms with Gasteiger partial charge >= 0.3 is 5.97 Å². The van der Waals surface area contributed by atoms with E-state index in [0.29, 0.717) is 16.8 Å². The Morgan fingerprint density at radius 1 is 1.12 bits per heavy atom. The van der Waals surface area contributed by atoms with Gasteiger partial charge in [-0.05, 0) is 37.3 Å². The lowest BCUT2D eigenvalue weighted by atomic mass is 10.1. The summed E-state index contributed by atoms with van der Waals surface area (Å²) in [4.78, 5) is 35.3. The molecule has 0 spiro atoms. The lowest BCUT2D eigenvalue weighted by Gasteiger charge is -2.09. The van der Waals surface area contributed by atoms with Gasteiger partial charge < -0.3 is 10.1 Å². The molecule has 0 atom stereocenters. The molecule has 2 aromatic rings. The van der Waals surface area contributed by atoms with Crippen molar-refractivity contribution in [3.63, 3.8) is 0 Å². The highest BCUT2D eigenvalue weighted by Gasteiger charge is 2.13. The highest BCUT2D eigenvalue weighted by molar-refractivity contribution is 6.04. The van der Waals surface area contributed by atoms with Crippen LogP contribution in [0.3, 0.4) is 0 Å². The number of ether oxygens (including phenoxy) is 1. The Morgan fingerprint density at radius 3 is 2.58 bits per heavy atom. The predicted octanol–water partition coefficient (Wildman–Crippen LogP) is 2.56. The zero-order valence-corrected chi connectivity index (χ0v) is 12.9. The number of rotatable bonds is 5. The number of hydrogen-bond donors (Lipinski definition) is 1. The second-order valence-electron chi connectivity index (χ2n) is 4.92. The number of ketones is 1. The van der Waals surface area contributed by atoms with Crippen molar-refractivity contribution in [3.05, 3.63) is 65.2 Å². The summed E-state index contributed by atoms with van der Waals surface area (Å²) in [6.07, 6.45) is 0. The van der Waals surface area contributed by atoms with Crippen molar-refractivity contribution < 1.29 is 19.1 Å². The van der Waals surface area contributed by atoms with Gasteiger partial charge in [0.1, 0.15) is 0 Å². The van der Waals surface area contributed by atoms with Crippen molar-refractivity contribution >= 4 is 23.3 Å². The van der Waals surface area contributed by atoms with Crippen molar-refractivity contribution in [3.8, 4) is 6.07 Å². The van der Waals surface area contributed by atoms with Gasteiger partial charge in [0, 0.05) is 5.56 Å². The number of para-hydroxylation sites is 1. The molecule has 0 aliphatic rings. The minimum atomic E-state index is -0.706. The van der Waals surface area contributed by atoms with Gasteiger partial charge in [0.2, 0.25) is 0 Å². The second kappa shape index (κ2) is 7.70. The summed E-state index contributed by atoms with van der Waals surface area (Å²) in [6, 6.07) is 14.5. The van der Waals surface area contributed by atoms with Gasteiger partial charge in [0.15, 0.2) is 12.4 Å². The van der Waals surface area contributed by atoms with Crippen LogP contribution in [0.4, 0.5) is 5.69 Å². The Balaban J connectivity index is 1.97. The third-order valence-electron chi connectivity index (χ3n) is 3.14. The van der Waals surface area contributed by atoms with Gasteiger partial charge in [-0.15, -0.1) is 0 Å². The zero-order valence-electron chi connectivity index (χ0n) is 12.9. The largest absolute Gasteiger partial charge is 0.452 e. The smallest absolute Gasteiger partial charge is 0.338 e. The van der Waals surface area contributed by atoms with Crippen LogP contribution in [0.15, 0.2) is 48.5 Å². The van der Waals surface area contributed by atoms with Crippen LogP contribution >= 0.6 is 0 Å². The fourth-order valence-electron chi connectivity index (χ4n) is 2.02. The summed E-state index contributed by atoms with van der Waals surface area (Å²) >= 11 is 0. The Kier molecular flexibility index (Phi) is 5.42. The van der Waals surface area contributed by atoms with Crippen molar-refractivity contribution in [1.29, 1.82) is 5.26 Å². The van der Waals surface area contributed by atoms with Crippen molar-refractivity contribution in [2.75, 3.05) is 11.9 Å². The first-order valence-corrected chi connectivity index (χ1v) is 7.08. The Labute approximate surface area is 138 Å². The quantitative estimate of drug-likeness (QED) is 0.674. The molecule has 0 aliphatic heterocycles. The van der Waals surface area contributed by atoms with Crippen molar-refractivity contribution in [2.24, 2.45) is 0 Å². The molecular weight excluding hydrogens is 308 g/mol. The molecule has 2 rings (SSSR count). The summed E-state index contributed by atoms with van der Waals surface area (Å²) in [5.41, 5.74) is 1.24. The van der Waals surface area contributed by atoms with Gasteiger partial charge in [-0.1, -0.05) is 18.2 Å². The van der Waals surface area contributed by atoms with Gasteiger partial charge in [-0.25, -0.2) is 4.79 Å². The summed E-state index contributed by atoms with van der Waals surface area (Å²) < 4.78 is 4.92. The Bertz CT molecular complexity index is 837. The second-order valence-corrected chi connectivity index (χ2v) is 4.92. The number of nitrogens with zero attached hydrogens (tertiary/aromatic N) is 1. The van der Waals surface area contributed by atoms with Crippen LogP contribution in [0, 0.1) is 11.3 Å². The zero-order chi connectivity index (χ0) is 17.5. The molecule has 0 aliphatic carbocycles. The van der Waals surface area contributed by atoms with E-state index in [1.807, 2.05) is 6.07 Å². The maximum absolute atomic E-state index is 11.9. The topological polar surface area (TPSA) is 96.3 Å². The minimum Gasteiger partial charge on any atom is -0.452 e. The third kappa shape index (κ3) is 4.27.